The molecule has 0 fully saturated rings. The lowest BCUT2D eigenvalue weighted by molar-refractivity contribution is 1.13. The summed E-state index contributed by atoms with van der Waals surface area (Å²) in [6.45, 7) is 0.532. The first-order chi connectivity index (χ1) is 6.72. The van der Waals surface area contributed by atoms with Crippen molar-refractivity contribution in [3.05, 3.63) is 27.8 Å². The van der Waals surface area contributed by atoms with Gasteiger partial charge in [0.05, 0.1) is 6.54 Å². The van der Waals surface area contributed by atoms with Crippen LogP contribution in [0.4, 0.5) is 5.69 Å². The molecule has 0 saturated heterocycles. The van der Waals surface area contributed by atoms with Crippen LogP contribution in [0.15, 0.2) is 29.3 Å². The number of anilines is 1. The lowest BCUT2D eigenvalue weighted by Gasteiger charge is -2.05. The molecule has 0 aliphatic carbocycles. The molecule has 1 rings (SSSR count). The van der Waals surface area contributed by atoms with Crippen molar-refractivity contribution in [1.29, 1.82) is 0 Å². The molecule has 0 heterocycles. The van der Waals surface area contributed by atoms with E-state index in [1.165, 1.54) is 0 Å². The van der Waals surface area contributed by atoms with Crippen molar-refractivity contribution < 1.29 is 0 Å². The molecule has 1 aromatic carbocycles. The van der Waals surface area contributed by atoms with Crippen molar-refractivity contribution in [2.75, 3.05) is 17.7 Å². The fourth-order valence-corrected chi connectivity index (χ4v) is 1.54. The molecule has 0 aromatic heterocycles. The highest BCUT2D eigenvalue weighted by Gasteiger charge is 1.94. The van der Waals surface area contributed by atoms with Gasteiger partial charge in [-0.3, -0.25) is 4.99 Å². The van der Waals surface area contributed by atoms with E-state index in [0.29, 0.717) is 18.4 Å². The summed E-state index contributed by atoms with van der Waals surface area (Å²) in [4.78, 5) is 4.02. The van der Waals surface area contributed by atoms with Crippen molar-refractivity contribution in [1.82, 2.24) is 0 Å². The van der Waals surface area contributed by atoms with Gasteiger partial charge in [-0.1, -0.05) is 6.07 Å². The van der Waals surface area contributed by atoms with Gasteiger partial charge in [0.25, 0.3) is 0 Å². The largest absolute Gasteiger partial charge is 0.370 e. The van der Waals surface area contributed by atoms with E-state index in [0.717, 1.165) is 9.26 Å². The maximum atomic E-state index is 5.62. The van der Waals surface area contributed by atoms with Crippen LogP contribution < -0.4 is 11.1 Å². The summed E-state index contributed by atoms with van der Waals surface area (Å²) in [6, 6.07) is 7.89. The van der Waals surface area contributed by atoms with Crippen LogP contribution in [0.25, 0.3) is 0 Å². The van der Waals surface area contributed by atoms with E-state index in [9.17, 15) is 0 Å². The molecule has 0 bridgehead atoms. The zero-order chi connectivity index (χ0) is 10.4. The number of nitrogens with zero attached hydrogens (tertiary/aromatic N) is 1. The van der Waals surface area contributed by atoms with Crippen molar-refractivity contribution in [3.63, 3.8) is 0 Å². The van der Waals surface area contributed by atoms with Crippen LogP contribution in [-0.2, 0) is 0 Å². The highest BCUT2D eigenvalue weighted by atomic mass is 127. The van der Waals surface area contributed by atoms with Crippen LogP contribution in [0.3, 0.4) is 0 Å². The Balaban J connectivity index is 2.60. The zero-order valence-corrected chi connectivity index (χ0v) is 10.4. The first-order valence-corrected chi connectivity index (χ1v) is 5.72. The predicted molar refractivity (Wildman–Crippen MR) is 70.0 cm³/mol. The molecule has 0 aliphatic heterocycles. The van der Waals surface area contributed by atoms with Crippen molar-refractivity contribution >= 4 is 45.8 Å². The van der Waals surface area contributed by atoms with Crippen LogP contribution in [0.2, 0.25) is 0 Å². The maximum Gasteiger partial charge on any atom is 0.193 e. The summed E-state index contributed by atoms with van der Waals surface area (Å²) in [6.07, 6.45) is 0. The fourth-order valence-electron chi connectivity index (χ4n) is 0.916. The molecule has 0 unspecified atom stereocenters. The van der Waals surface area contributed by atoms with Gasteiger partial charge in [0.1, 0.15) is 0 Å². The molecular weight excluding hydrogens is 312 g/mol. The number of benzene rings is 1. The Morgan fingerprint density at radius 3 is 3.00 bits per heavy atom. The first-order valence-electron chi connectivity index (χ1n) is 4.11. The second-order valence-corrected chi connectivity index (χ2v) is 4.21. The minimum absolute atomic E-state index is 0.396. The molecule has 0 amide bonds. The third kappa shape index (κ3) is 4.15. The zero-order valence-electron chi connectivity index (χ0n) is 7.50. The van der Waals surface area contributed by atoms with Crippen LogP contribution >= 0.6 is 34.2 Å². The molecular formula is C9H11ClIN3. The topological polar surface area (TPSA) is 50.4 Å². The Kier molecular flexibility index (Phi) is 5.03. The van der Waals surface area contributed by atoms with Crippen molar-refractivity contribution in [3.8, 4) is 0 Å². The number of hydrogen-bond acceptors (Lipinski definition) is 1. The second kappa shape index (κ2) is 6.08. The SMILES string of the molecule is NC(=NCCCl)Nc1cccc(I)c1. The summed E-state index contributed by atoms with van der Waals surface area (Å²) < 4.78 is 1.15. The van der Waals surface area contributed by atoms with Crippen LogP contribution in [0.5, 0.6) is 0 Å². The second-order valence-electron chi connectivity index (χ2n) is 2.59. The van der Waals surface area contributed by atoms with E-state index in [1.807, 2.05) is 24.3 Å². The first kappa shape index (κ1) is 11.6. The van der Waals surface area contributed by atoms with Crippen molar-refractivity contribution in [2.45, 2.75) is 0 Å². The monoisotopic (exact) mass is 323 g/mol. The van der Waals surface area contributed by atoms with E-state index < -0.39 is 0 Å². The minimum Gasteiger partial charge on any atom is -0.370 e. The molecule has 0 spiro atoms. The third-order valence-corrected chi connectivity index (χ3v) is 2.30. The summed E-state index contributed by atoms with van der Waals surface area (Å²) in [7, 11) is 0. The Labute approximate surface area is 102 Å². The van der Waals surface area contributed by atoms with E-state index in [4.69, 9.17) is 17.3 Å². The average Bonchev–Trinajstić information content (AvgIpc) is 2.15. The van der Waals surface area contributed by atoms with Gasteiger partial charge in [0.2, 0.25) is 0 Å². The van der Waals surface area contributed by atoms with Gasteiger partial charge >= 0.3 is 0 Å². The molecule has 0 radical (unpaired) electrons. The van der Waals surface area contributed by atoms with Gasteiger partial charge < -0.3 is 11.1 Å². The standard InChI is InChI=1S/C9H11ClIN3/c10-4-5-13-9(12)14-8-3-1-2-7(11)6-8/h1-3,6H,4-5H2,(H3,12,13,14). The van der Waals surface area contributed by atoms with Gasteiger partial charge in [-0.05, 0) is 40.8 Å². The number of rotatable bonds is 3. The van der Waals surface area contributed by atoms with Gasteiger partial charge in [0, 0.05) is 15.1 Å². The maximum absolute atomic E-state index is 5.62. The lowest BCUT2D eigenvalue weighted by Crippen LogP contribution is -2.23. The van der Waals surface area contributed by atoms with Gasteiger partial charge in [-0.15, -0.1) is 11.6 Å². The number of halogens is 2. The van der Waals surface area contributed by atoms with E-state index in [1.54, 1.807) is 0 Å². The van der Waals surface area contributed by atoms with Gasteiger partial charge in [-0.25, -0.2) is 0 Å². The Morgan fingerprint density at radius 2 is 2.36 bits per heavy atom. The van der Waals surface area contributed by atoms with E-state index >= 15 is 0 Å². The molecule has 0 aliphatic rings. The number of guanidine groups is 1. The van der Waals surface area contributed by atoms with Gasteiger partial charge in [-0.2, -0.15) is 0 Å². The molecule has 3 nitrogen and oxygen atoms in total. The summed E-state index contributed by atoms with van der Waals surface area (Å²) in [5, 5.41) is 2.98. The smallest absolute Gasteiger partial charge is 0.193 e. The molecule has 14 heavy (non-hydrogen) atoms. The number of hydrogen-bond donors (Lipinski definition) is 2. The van der Waals surface area contributed by atoms with E-state index in [-0.39, 0.29) is 0 Å². The highest BCUT2D eigenvalue weighted by Crippen LogP contribution is 2.11. The average molecular weight is 324 g/mol. The van der Waals surface area contributed by atoms with Crippen LogP contribution in [0, 0.1) is 3.57 Å². The number of nitrogens with one attached hydrogen (secondary N) is 1. The number of aliphatic imine (C=N–C) groups is 1. The highest BCUT2D eigenvalue weighted by molar-refractivity contribution is 14.1. The fraction of sp³-hybridized carbons (Fsp3) is 0.222. The Hall–Kier alpha value is -0.490. The summed E-state index contributed by atoms with van der Waals surface area (Å²) >= 11 is 7.72. The molecule has 0 atom stereocenters. The number of nitrogens with two attached hydrogens (primary N) is 1. The molecule has 5 heteroatoms. The Bertz CT molecular complexity index is 328. The molecule has 76 valence electrons. The predicted octanol–water partition coefficient (Wildman–Crippen LogP) is 2.26. The number of alkyl halides is 1. The normalized spacial score (nSPS) is 11.4. The minimum atomic E-state index is 0.396. The third-order valence-electron chi connectivity index (χ3n) is 1.46. The quantitative estimate of drug-likeness (QED) is 0.388. The van der Waals surface area contributed by atoms with Crippen molar-refractivity contribution in [2.24, 2.45) is 10.7 Å². The van der Waals surface area contributed by atoms with Crippen LogP contribution in [0.1, 0.15) is 0 Å². The lowest BCUT2D eigenvalue weighted by atomic mass is 10.3. The van der Waals surface area contributed by atoms with Crippen LogP contribution in [-0.4, -0.2) is 18.4 Å². The van der Waals surface area contributed by atoms with Gasteiger partial charge in [0.15, 0.2) is 5.96 Å². The summed E-state index contributed by atoms with van der Waals surface area (Å²) in [5.74, 6) is 0.877. The summed E-state index contributed by atoms with van der Waals surface area (Å²) in [5.41, 5.74) is 6.56. The molecule has 0 saturated carbocycles. The Morgan fingerprint density at radius 1 is 1.57 bits per heavy atom. The molecule has 3 N–H and O–H groups in total. The van der Waals surface area contributed by atoms with E-state index in [2.05, 4.69) is 32.9 Å². The molecule has 1 aromatic rings.